The van der Waals surface area contributed by atoms with E-state index < -0.39 is 0 Å². The van der Waals surface area contributed by atoms with Crippen LogP contribution in [0.2, 0.25) is 0 Å². The molecule has 0 bridgehead atoms. The van der Waals surface area contributed by atoms with Crippen molar-refractivity contribution in [3.05, 3.63) is 0 Å². The van der Waals surface area contributed by atoms with Gasteiger partial charge in [0.15, 0.2) is 0 Å². The van der Waals surface area contributed by atoms with Crippen LogP contribution in [0.15, 0.2) is 0 Å². The Morgan fingerprint density at radius 2 is 2.25 bits per heavy atom. The number of nitrogens with one attached hydrogen (secondary N) is 1. The molecule has 1 saturated heterocycles. The quantitative estimate of drug-likeness (QED) is 0.689. The fourth-order valence-electron chi connectivity index (χ4n) is 2.55. The molecule has 0 aromatic carbocycles. The fourth-order valence-corrected chi connectivity index (χ4v) is 2.55. The highest BCUT2D eigenvalue weighted by Gasteiger charge is 2.46. The third-order valence-corrected chi connectivity index (χ3v) is 3.50. The van der Waals surface area contributed by atoms with E-state index in [9.17, 15) is 4.79 Å². The summed E-state index contributed by atoms with van der Waals surface area (Å²) in [6, 6.07) is 0. The highest BCUT2D eigenvalue weighted by atomic mass is 16.5. The number of ether oxygens (including phenoxy) is 1. The fraction of sp³-hybridized carbons (Fsp3) is 0.917. The van der Waals surface area contributed by atoms with E-state index in [2.05, 4.69) is 17.1 Å². The van der Waals surface area contributed by atoms with E-state index in [1.165, 1.54) is 0 Å². The van der Waals surface area contributed by atoms with Gasteiger partial charge in [0.2, 0.25) is 0 Å². The minimum atomic E-state index is -0.354. The van der Waals surface area contributed by atoms with Crippen molar-refractivity contribution in [1.82, 2.24) is 10.2 Å². The van der Waals surface area contributed by atoms with Gasteiger partial charge < -0.3 is 10.1 Å². The van der Waals surface area contributed by atoms with Crippen LogP contribution in [0.5, 0.6) is 0 Å². The van der Waals surface area contributed by atoms with Crippen molar-refractivity contribution >= 4 is 5.97 Å². The van der Waals surface area contributed by atoms with E-state index in [1.807, 2.05) is 14.0 Å². The number of hydrogen-bond donors (Lipinski definition) is 1. The van der Waals surface area contributed by atoms with Crippen molar-refractivity contribution in [2.24, 2.45) is 0 Å². The Kier molecular flexibility index (Phi) is 5.22. The summed E-state index contributed by atoms with van der Waals surface area (Å²) in [5.74, 6) is -0.0360. The van der Waals surface area contributed by atoms with E-state index in [1.54, 1.807) is 0 Å². The van der Waals surface area contributed by atoms with Gasteiger partial charge in [-0.3, -0.25) is 9.69 Å². The Morgan fingerprint density at radius 1 is 1.50 bits per heavy atom. The summed E-state index contributed by atoms with van der Waals surface area (Å²) in [4.78, 5) is 14.4. The third-order valence-electron chi connectivity index (χ3n) is 3.50. The maximum absolute atomic E-state index is 12.1. The minimum absolute atomic E-state index is 0.0360. The number of hydrogen-bond acceptors (Lipinski definition) is 4. The topological polar surface area (TPSA) is 41.6 Å². The molecular formula is C12H24N2O2. The van der Waals surface area contributed by atoms with Crippen LogP contribution in [0.4, 0.5) is 0 Å². The van der Waals surface area contributed by atoms with Crippen LogP contribution >= 0.6 is 0 Å². The van der Waals surface area contributed by atoms with Gasteiger partial charge in [-0.05, 0) is 39.8 Å². The lowest BCUT2D eigenvalue weighted by molar-refractivity contribution is -0.156. The van der Waals surface area contributed by atoms with Crippen LogP contribution in [-0.4, -0.2) is 49.7 Å². The zero-order chi connectivity index (χ0) is 12.0. The highest BCUT2D eigenvalue weighted by Crippen LogP contribution is 2.33. The summed E-state index contributed by atoms with van der Waals surface area (Å²) in [6.07, 6.45) is 2.87. The van der Waals surface area contributed by atoms with Gasteiger partial charge in [-0.15, -0.1) is 0 Å². The summed E-state index contributed by atoms with van der Waals surface area (Å²) in [5, 5.41) is 3.13. The van der Waals surface area contributed by atoms with Crippen molar-refractivity contribution < 1.29 is 9.53 Å². The average molecular weight is 228 g/mol. The van der Waals surface area contributed by atoms with Crippen LogP contribution in [-0.2, 0) is 9.53 Å². The van der Waals surface area contributed by atoms with Crippen molar-refractivity contribution in [1.29, 1.82) is 0 Å². The van der Waals surface area contributed by atoms with Gasteiger partial charge in [0, 0.05) is 13.1 Å². The number of carbonyl (C=O) groups is 1. The molecule has 1 aliphatic heterocycles. The molecule has 4 nitrogen and oxygen atoms in total. The van der Waals surface area contributed by atoms with Crippen LogP contribution in [0, 0.1) is 0 Å². The molecule has 1 fully saturated rings. The maximum Gasteiger partial charge on any atom is 0.326 e. The van der Waals surface area contributed by atoms with E-state index in [0.29, 0.717) is 6.61 Å². The second kappa shape index (κ2) is 6.21. The van der Waals surface area contributed by atoms with Crippen LogP contribution in [0.25, 0.3) is 0 Å². The lowest BCUT2D eigenvalue weighted by Crippen LogP contribution is -2.52. The summed E-state index contributed by atoms with van der Waals surface area (Å²) in [5.41, 5.74) is -0.354. The number of rotatable bonds is 6. The molecule has 1 heterocycles. The minimum Gasteiger partial charge on any atom is -0.465 e. The van der Waals surface area contributed by atoms with E-state index in [0.717, 1.165) is 38.9 Å². The zero-order valence-corrected chi connectivity index (χ0v) is 10.7. The second-order valence-corrected chi connectivity index (χ2v) is 4.30. The van der Waals surface area contributed by atoms with Gasteiger partial charge in [0.05, 0.1) is 6.61 Å². The lowest BCUT2D eigenvalue weighted by atomic mass is 9.93. The van der Waals surface area contributed by atoms with E-state index in [4.69, 9.17) is 4.74 Å². The second-order valence-electron chi connectivity index (χ2n) is 4.30. The molecule has 1 N–H and O–H groups in total. The summed E-state index contributed by atoms with van der Waals surface area (Å²) in [6.45, 7) is 7.27. The summed E-state index contributed by atoms with van der Waals surface area (Å²) < 4.78 is 5.23. The number of nitrogens with zero attached hydrogens (tertiary/aromatic N) is 1. The SMILES string of the molecule is CCOC(=O)C1(CC)CCCN1CCNC. The maximum atomic E-state index is 12.1. The van der Waals surface area contributed by atoms with Crippen LogP contribution in [0.3, 0.4) is 0 Å². The molecule has 0 amide bonds. The molecular weight excluding hydrogens is 204 g/mol. The molecule has 0 radical (unpaired) electrons. The number of esters is 1. The molecule has 0 spiro atoms. The third kappa shape index (κ3) is 2.55. The molecule has 1 aliphatic rings. The number of carbonyl (C=O) groups excluding carboxylic acids is 1. The molecule has 0 aliphatic carbocycles. The van der Waals surface area contributed by atoms with Crippen LogP contribution in [0.1, 0.15) is 33.1 Å². The monoisotopic (exact) mass is 228 g/mol. The molecule has 1 unspecified atom stereocenters. The summed E-state index contributed by atoms with van der Waals surface area (Å²) in [7, 11) is 1.94. The van der Waals surface area contributed by atoms with Gasteiger partial charge in [-0.25, -0.2) is 0 Å². The predicted octanol–water partition coefficient (Wildman–Crippen LogP) is 1.01. The number of likely N-dealkylation sites (N-methyl/N-ethyl adjacent to an activating group) is 1. The van der Waals surface area contributed by atoms with E-state index >= 15 is 0 Å². The first-order chi connectivity index (χ1) is 7.71. The van der Waals surface area contributed by atoms with Crippen molar-refractivity contribution in [3.63, 3.8) is 0 Å². The molecule has 0 aromatic rings. The first-order valence-electron chi connectivity index (χ1n) is 6.28. The van der Waals surface area contributed by atoms with Gasteiger partial charge >= 0.3 is 5.97 Å². The number of likely N-dealkylation sites (tertiary alicyclic amines) is 1. The van der Waals surface area contributed by atoms with Gasteiger partial charge in [0.25, 0.3) is 0 Å². The standard InChI is InChI=1S/C12H24N2O2/c1-4-12(11(15)16-5-2)7-6-9-14(12)10-8-13-3/h13H,4-10H2,1-3H3. The van der Waals surface area contributed by atoms with Gasteiger partial charge in [-0.1, -0.05) is 6.92 Å². The molecule has 94 valence electrons. The molecule has 1 rings (SSSR count). The highest BCUT2D eigenvalue weighted by molar-refractivity contribution is 5.81. The van der Waals surface area contributed by atoms with Crippen molar-refractivity contribution in [2.45, 2.75) is 38.6 Å². The zero-order valence-electron chi connectivity index (χ0n) is 10.7. The van der Waals surface area contributed by atoms with Crippen molar-refractivity contribution in [3.8, 4) is 0 Å². The lowest BCUT2D eigenvalue weighted by Gasteiger charge is -2.35. The average Bonchev–Trinajstić information content (AvgIpc) is 2.70. The predicted molar refractivity (Wildman–Crippen MR) is 64.4 cm³/mol. The summed E-state index contributed by atoms with van der Waals surface area (Å²) >= 11 is 0. The Labute approximate surface area is 98.3 Å². The van der Waals surface area contributed by atoms with Gasteiger partial charge in [0.1, 0.15) is 5.54 Å². The first kappa shape index (κ1) is 13.5. The molecule has 16 heavy (non-hydrogen) atoms. The smallest absolute Gasteiger partial charge is 0.326 e. The van der Waals surface area contributed by atoms with Crippen LogP contribution < -0.4 is 5.32 Å². The molecule has 0 saturated carbocycles. The Bertz CT molecular complexity index is 233. The molecule has 1 atom stereocenters. The first-order valence-corrected chi connectivity index (χ1v) is 6.28. The van der Waals surface area contributed by atoms with Gasteiger partial charge in [-0.2, -0.15) is 0 Å². The van der Waals surface area contributed by atoms with E-state index in [-0.39, 0.29) is 11.5 Å². The Morgan fingerprint density at radius 3 is 2.81 bits per heavy atom. The normalized spacial score (nSPS) is 25.9. The molecule has 4 heteroatoms. The molecule has 0 aromatic heterocycles. The largest absolute Gasteiger partial charge is 0.465 e. The Balaban J connectivity index is 2.71. The van der Waals surface area contributed by atoms with Crippen molar-refractivity contribution in [2.75, 3.05) is 33.3 Å². The Hall–Kier alpha value is -0.610.